The van der Waals surface area contributed by atoms with Crippen LogP contribution < -0.4 is 5.32 Å². The fraction of sp³-hybridized carbons (Fsp3) is 0.467. The number of ether oxygens (including phenoxy) is 1. The lowest BCUT2D eigenvalue weighted by Crippen LogP contribution is -2.36. The van der Waals surface area contributed by atoms with E-state index < -0.39 is 23.6 Å². The fourth-order valence-electron chi connectivity index (χ4n) is 1.86. The molecule has 0 fully saturated rings. The molecule has 5 nitrogen and oxygen atoms in total. The molecule has 1 atom stereocenters. The Labute approximate surface area is 129 Å². The van der Waals surface area contributed by atoms with Gasteiger partial charge >= 0.3 is 11.9 Å². The number of hydrogen-bond donors (Lipinski definition) is 2. The van der Waals surface area contributed by atoms with Crippen molar-refractivity contribution in [1.82, 2.24) is 5.32 Å². The molecule has 0 spiro atoms. The number of esters is 1. The van der Waals surface area contributed by atoms with Gasteiger partial charge in [0.1, 0.15) is 11.6 Å². The third-order valence-electron chi connectivity index (χ3n) is 2.66. The summed E-state index contributed by atoms with van der Waals surface area (Å²) >= 11 is 5.86. The molecular formula is C15H20ClNO4. The number of rotatable bonds is 5. The summed E-state index contributed by atoms with van der Waals surface area (Å²) in [5.41, 5.74) is 0.704. The van der Waals surface area contributed by atoms with Gasteiger partial charge in [0.05, 0.1) is 6.54 Å². The number of benzene rings is 1. The SMILES string of the molecule is Cc1cc(Cl)ccc1C(NCC(=O)OC(C)(C)C)C(=O)O. The molecule has 21 heavy (non-hydrogen) atoms. The number of aliphatic carboxylic acids is 1. The third-order valence-corrected chi connectivity index (χ3v) is 2.90. The fourth-order valence-corrected chi connectivity index (χ4v) is 2.08. The molecule has 6 heteroatoms. The van der Waals surface area contributed by atoms with Crippen LogP contribution in [0.1, 0.15) is 37.9 Å². The maximum Gasteiger partial charge on any atom is 0.325 e. The number of carboxylic acid groups (broad SMARTS) is 1. The first-order chi connectivity index (χ1) is 9.60. The third kappa shape index (κ3) is 5.73. The molecule has 1 rings (SSSR count). The van der Waals surface area contributed by atoms with Crippen LogP contribution in [0.15, 0.2) is 18.2 Å². The van der Waals surface area contributed by atoms with Crippen molar-refractivity contribution >= 4 is 23.5 Å². The highest BCUT2D eigenvalue weighted by molar-refractivity contribution is 6.30. The Morgan fingerprint density at radius 2 is 2.00 bits per heavy atom. The van der Waals surface area contributed by atoms with Gasteiger partial charge in [-0.25, -0.2) is 0 Å². The van der Waals surface area contributed by atoms with Crippen LogP contribution in [-0.4, -0.2) is 29.2 Å². The van der Waals surface area contributed by atoms with Crippen molar-refractivity contribution in [2.75, 3.05) is 6.54 Å². The molecule has 0 heterocycles. The van der Waals surface area contributed by atoms with E-state index in [1.54, 1.807) is 45.9 Å². The summed E-state index contributed by atoms with van der Waals surface area (Å²) in [7, 11) is 0. The maximum absolute atomic E-state index is 11.7. The lowest BCUT2D eigenvalue weighted by atomic mass is 10.0. The molecule has 0 aromatic heterocycles. The van der Waals surface area contributed by atoms with Crippen LogP contribution in [0.5, 0.6) is 0 Å². The van der Waals surface area contributed by atoms with Gasteiger partial charge in [0.15, 0.2) is 0 Å². The zero-order valence-corrected chi connectivity index (χ0v) is 13.3. The highest BCUT2D eigenvalue weighted by Gasteiger charge is 2.23. The molecule has 0 bridgehead atoms. The van der Waals surface area contributed by atoms with Gasteiger partial charge in [0, 0.05) is 5.02 Å². The highest BCUT2D eigenvalue weighted by atomic mass is 35.5. The first kappa shape index (κ1) is 17.5. The Morgan fingerprint density at radius 1 is 1.38 bits per heavy atom. The Kier molecular flexibility index (Phi) is 5.75. The Bertz CT molecular complexity index is 537. The average molecular weight is 314 g/mol. The predicted octanol–water partition coefficient (Wildman–Crippen LogP) is 2.71. The first-order valence-electron chi connectivity index (χ1n) is 6.54. The monoisotopic (exact) mass is 313 g/mol. The van der Waals surface area contributed by atoms with E-state index in [-0.39, 0.29) is 6.54 Å². The number of carbonyl (C=O) groups is 2. The van der Waals surface area contributed by atoms with E-state index >= 15 is 0 Å². The van der Waals surface area contributed by atoms with Crippen LogP contribution in [-0.2, 0) is 14.3 Å². The largest absolute Gasteiger partial charge is 0.480 e. The van der Waals surface area contributed by atoms with Crippen molar-refractivity contribution in [3.63, 3.8) is 0 Å². The van der Waals surface area contributed by atoms with Gasteiger partial charge in [-0.3, -0.25) is 14.9 Å². The van der Waals surface area contributed by atoms with E-state index in [1.165, 1.54) is 0 Å². The Morgan fingerprint density at radius 3 is 2.48 bits per heavy atom. The number of nitrogens with one attached hydrogen (secondary N) is 1. The molecule has 1 aromatic rings. The predicted molar refractivity (Wildman–Crippen MR) is 80.4 cm³/mol. The van der Waals surface area contributed by atoms with E-state index in [4.69, 9.17) is 16.3 Å². The van der Waals surface area contributed by atoms with Crippen molar-refractivity contribution < 1.29 is 19.4 Å². The van der Waals surface area contributed by atoms with Crippen molar-refractivity contribution in [3.8, 4) is 0 Å². The molecule has 2 N–H and O–H groups in total. The number of carbonyl (C=O) groups excluding carboxylic acids is 1. The van der Waals surface area contributed by atoms with Crippen molar-refractivity contribution in [2.24, 2.45) is 0 Å². The van der Waals surface area contributed by atoms with Gasteiger partial charge in [-0.05, 0) is 51.0 Å². The van der Waals surface area contributed by atoms with Crippen LogP contribution in [0.3, 0.4) is 0 Å². The zero-order valence-electron chi connectivity index (χ0n) is 12.6. The van der Waals surface area contributed by atoms with Crippen molar-refractivity contribution in [1.29, 1.82) is 0 Å². The molecule has 0 saturated heterocycles. The molecule has 0 aliphatic carbocycles. The number of aryl methyl sites for hydroxylation is 1. The van der Waals surface area contributed by atoms with Crippen LogP contribution in [0.4, 0.5) is 0 Å². The van der Waals surface area contributed by atoms with Gasteiger partial charge < -0.3 is 9.84 Å². The maximum atomic E-state index is 11.7. The topological polar surface area (TPSA) is 75.6 Å². The molecular weight excluding hydrogens is 294 g/mol. The number of halogens is 1. The zero-order chi connectivity index (χ0) is 16.2. The van der Waals surface area contributed by atoms with E-state index in [0.29, 0.717) is 10.6 Å². The van der Waals surface area contributed by atoms with Crippen LogP contribution in [0.25, 0.3) is 0 Å². The average Bonchev–Trinajstić information content (AvgIpc) is 2.29. The van der Waals surface area contributed by atoms with E-state index in [2.05, 4.69) is 5.32 Å². The molecule has 0 radical (unpaired) electrons. The summed E-state index contributed by atoms with van der Waals surface area (Å²) in [5, 5.41) is 12.6. The summed E-state index contributed by atoms with van der Waals surface area (Å²) in [6.45, 7) is 6.84. The van der Waals surface area contributed by atoms with Gasteiger partial charge in [-0.1, -0.05) is 17.7 Å². The minimum absolute atomic E-state index is 0.184. The molecule has 0 amide bonds. The smallest absolute Gasteiger partial charge is 0.325 e. The number of carboxylic acids is 1. The lowest BCUT2D eigenvalue weighted by Gasteiger charge is -2.21. The second-order valence-corrected chi connectivity index (χ2v) is 6.18. The molecule has 1 unspecified atom stereocenters. The van der Waals surface area contributed by atoms with Crippen molar-refractivity contribution in [3.05, 3.63) is 34.3 Å². The summed E-state index contributed by atoms with van der Waals surface area (Å²) in [5.74, 6) is -1.57. The van der Waals surface area contributed by atoms with Gasteiger partial charge in [0.2, 0.25) is 0 Å². The van der Waals surface area contributed by atoms with Crippen LogP contribution in [0, 0.1) is 6.92 Å². The van der Waals surface area contributed by atoms with Crippen LogP contribution in [0.2, 0.25) is 5.02 Å². The van der Waals surface area contributed by atoms with Crippen LogP contribution >= 0.6 is 11.6 Å². The Hall–Kier alpha value is -1.59. The molecule has 1 aromatic carbocycles. The highest BCUT2D eigenvalue weighted by Crippen LogP contribution is 2.21. The lowest BCUT2D eigenvalue weighted by molar-refractivity contribution is -0.154. The molecule has 116 valence electrons. The minimum Gasteiger partial charge on any atom is -0.480 e. The summed E-state index contributed by atoms with van der Waals surface area (Å²) in [4.78, 5) is 23.0. The van der Waals surface area contributed by atoms with E-state index in [9.17, 15) is 14.7 Å². The molecule has 0 saturated carbocycles. The first-order valence-corrected chi connectivity index (χ1v) is 6.92. The standard InChI is InChI=1S/C15H20ClNO4/c1-9-7-10(16)5-6-11(9)13(14(19)20)17-8-12(18)21-15(2,3)4/h5-7,13,17H,8H2,1-4H3,(H,19,20). The van der Waals surface area contributed by atoms with E-state index in [0.717, 1.165) is 5.56 Å². The number of hydrogen-bond acceptors (Lipinski definition) is 4. The molecule has 0 aliphatic heterocycles. The quantitative estimate of drug-likeness (QED) is 0.817. The summed E-state index contributed by atoms with van der Waals surface area (Å²) < 4.78 is 5.14. The second-order valence-electron chi connectivity index (χ2n) is 5.74. The van der Waals surface area contributed by atoms with E-state index in [1.807, 2.05) is 0 Å². The van der Waals surface area contributed by atoms with Gasteiger partial charge in [-0.2, -0.15) is 0 Å². The Balaban J connectivity index is 2.80. The summed E-state index contributed by atoms with van der Waals surface area (Å²) in [6, 6.07) is 3.95. The summed E-state index contributed by atoms with van der Waals surface area (Å²) in [6.07, 6.45) is 0. The van der Waals surface area contributed by atoms with Crippen molar-refractivity contribution in [2.45, 2.75) is 39.3 Å². The van der Waals surface area contributed by atoms with Gasteiger partial charge in [0.25, 0.3) is 0 Å². The second kappa shape index (κ2) is 6.91. The van der Waals surface area contributed by atoms with Gasteiger partial charge in [-0.15, -0.1) is 0 Å². The minimum atomic E-state index is -1.07. The normalized spacial score (nSPS) is 12.8. The molecule has 0 aliphatic rings.